The number of hydrogen-bond acceptors (Lipinski definition) is 1. The predicted octanol–water partition coefficient (Wildman–Crippen LogP) is 3.38. The summed E-state index contributed by atoms with van der Waals surface area (Å²) in [4.78, 5) is 11.0. The number of aryl methyl sites for hydroxylation is 1. The zero-order valence-corrected chi connectivity index (χ0v) is 11.4. The van der Waals surface area contributed by atoms with Gasteiger partial charge in [0.15, 0.2) is 0 Å². The van der Waals surface area contributed by atoms with Gasteiger partial charge in [-0.15, -0.1) is 0 Å². The standard InChI is InChI=1S/C16H19NO2/c1-11-12-5-3-4-6-14(12)17-10-16(2,9-15(18)19)8-7-13(11)17/h3-6H,7-10H2,1-2H3,(H,18,19). The third-order valence-corrected chi connectivity index (χ3v) is 4.44. The van der Waals surface area contributed by atoms with Gasteiger partial charge in [-0.05, 0) is 36.8 Å². The molecule has 0 saturated carbocycles. The van der Waals surface area contributed by atoms with Gasteiger partial charge >= 0.3 is 5.97 Å². The lowest BCUT2D eigenvalue weighted by molar-refractivity contribution is -0.140. The Labute approximate surface area is 112 Å². The highest BCUT2D eigenvalue weighted by molar-refractivity contribution is 5.85. The van der Waals surface area contributed by atoms with Crippen molar-refractivity contribution in [1.82, 2.24) is 4.57 Å². The summed E-state index contributed by atoms with van der Waals surface area (Å²) in [5, 5.41) is 10.4. The van der Waals surface area contributed by atoms with Crippen molar-refractivity contribution in [2.45, 2.75) is 39.7 Å². The molecule has 0 aliphatic carbocycles. The number of benzene rings is 1. The number of rotatable bonds is 2. The number of carbonyl (C=O) groups is 1. The van der Waals surface area contributed by atoms with Crippen LogP contribution in [-0.4, -0.2) is 15.6 Å². The molecule has 3 heteroatoms. The minimum Gasteiger partial charge on any atom is -0.481 e. The SMILES string of the molecule is Cc1c2n(c3ccccc13)CC(C)(CC(=O)O)CC2. The van der Waals surface area contributed by atoms with Gasteiger partial charge in [-0.1, -0.05) is 25.1 Å². The second-order valence-electron chi connectivity index (χ2n) is 6.06. The highest BCUT2D eigenvalue weighted by Crippen LogP contribution is 2.39. The van der Waals surface area contributed by atoms with Crippen molar-refractivity contribution in [1.29, 1.82) is 0 Å². The summed E-state index contributed by atoms with van der Waals surface area (Å²) < 4.78 is 2.33. The molecule has 1 atom stereocenters. The first-order valence-electron chi connectivity index (χ1n) is 6.79. The molecule has 2 aromatic rings. The van der Waals surface area contributed by atoms with Crippen molar-refractivity contribution in [3.05, 3.63) is 35.5 Å². The van der Waals surface area contributed by atoms with E-state index in [0.717, 1.165) is 19.4 Å². The average molecular weight is 257 g/mol. The molecule has 1 N–H and O–H groups in total. The summed E-state index contributed by atoms with van der Waals surface area (Å²) in [5.41, 5.74) is 3.84. The largest absolute Gasteiger partial charge is 0.481 e. The van der Waals surface area contributed by atoms with Crippen molar-refractivity contribution >= 4 is 16.9 Å². The van der Waals surface area contributed by atoms with Crippen molar-refractivity contribution in [3.63, 3.8) is 0 Å². The Balaban J connectivity index is 2.10. The lowest BCUT2D eigenvalue weighted by Gasteiger charge is -2.34. The van der Waals surface area contributed by atoms with E-state index in [1.807, 2.05) is 0 Å². The van der Waals surface area contributed by atoms with Gasteiger partial charge in [-0.25, -0.2) is 0 Å². The number of hydrogen-bond donors (Lipinski definition) is 1. The third kappa shape index (κ3) is 1.93. The van der Waals surface area contributed by atoms with E-state index < -0.39 is 5.97 Å². The predicted molar refractivity (Wildman–Crippen MR) is 75.4 cm³/mol. The van der Waals surface area contributed by atoms with E-state index in [9.17, 15) is 4.79 Å². The molecule has 1 aliphatic heterocycles. The van der Waals surface area contributed by atoms with Crippen LogP contribution in [0.3, 0.4) is 0 Å². The fourth-order valence-electron chi connectivity index (χ4n) is 3.42. The second-order valence-corrected chi connectivity index (χ2v) is 6.06. The van der Waals surface area contributed by atoms with E-state index in [1.54, 1.807) is 0 Å². The Morgan fingerprint density at radius 3 is 2.89 bits per heavy atom. The lowest BCUT2D eigenvalue weighted by atomic mass is 9.79. The van der Waals surface area contributed by atoms with Crippen LogP contribution in [0, 0.1) is 12.3 Å². The molecule has 19 heavy (non-hydrogen) atoms. The van der Waals surface area contributed by atoms with E-state index >= 15 is 0 Å². The van der Waals surface area contributed by atoms with E-state index in [-0.39, 0.29) is 11.8 Å². The summed E-state index contributed by atoms with van der Waals surface area (Å²) in [6.45, 7) is 5.07. The normalized spacial score (nSPS) is 22.4. The van der Waals surface area contributed by atoms with E-state index in [2.05, 4.69) is 42.7 Å². The topological polar surface area (TPSA) is 42.2 Å². The zero-order valence-electron chi connectivity index (χ0n) is 11.4. The van der Waals surface area contributed by atoms with Crippen LogP contribution in [0.1, 0.15) is 31.0 Å². The molecule has 1 aromatic heterocycles. The molecule has 3 nitrogen and oxygen atoms in total. The monoisotopic (exact) mass is 257 g/mol. The molecule has 1 aliphatic rings. The smallest absolute Gasteiger partial charge is 0.303 e. The second kappa shape index (κ2) is 4.12. The first-order valence-corrected chi connectivity index (χ1v) is 6.79. The first kappa shape index (κ1) is 12.3. The Bertz CT molecular complexity index is 656. The van der Waals surface area contributed by atoms with Crippen LogP contribution in [0.15, 0.2) is 24.3 Å². The van der Waals surface area contributed by atoms with Gasteiger partial charge in [0.05, 0.1) is 6.42 Å². The molecule has 1 aromatic carbocycles. The molecule has 100 valence electrons. The van der Waals surface area contributed by atoms with E-state index in [1.165, 1.54) is 22.2 Å². The van der Waals surface area contributed by atoms with Gasteiger partial charge in [0, 0.05) is 23.1 Å². The number of aliphatic carboxylic acids is 1. The minimum absolute atomic E-state index is 0.132. The Kier molecular flexibility index (Phi) is 2.66. The minimum atomic E-state index is -0.695. The molecule has 2 heterocycles. The van der Waals surface area contributed by atoms with Gasteiger partial charge in [0.1, 0.15) is 0 Å². The molecule has 1 unspecified atom stereocenters. The number of para-hydroxylation sites is 1. The number of carboxylic acids is 1. The maximum atomic E-state index is 11.0. The van der Waals surface area contributed by atoms with Crippen molar-refractivity contribution < 1.29 is 9.90 Å². The highest BCUT2D eigenvalue weighted by atomic mass is 16.4. The summed E-state index contributed by atoms with van der Waals surface area (Å²) in [5.74, 6) is -0.695. The maximum Gasteiger partial charge on any atom is 0.303 e. The molecule has 0 radical (unpaired) electrons. The molecule has 0 spiro atoms. The van der Waals surface area contributed by atoms with Gasteiger partial charge in [0.2, 0.25) is 0 Å². The van der Waals surface area contributed by atoms with Gasteiger partial charge in [-0.2, -0.15) is 0 Å². The summed E-state index contributed by atoms with van der Waals surface area (Å²) in [6, 6.07) is 8.42. The maximum absolute atomic E-state index is 11.0. The van der Waals surface area contributed by atoms with Crippen molar-refractivity contribution in [3.8, 4) is 0 Å². The summed E-state index contributed by atoms with van der Waals surface area (Å²) in [6.07, 6.45) is 2.18. The molecule has 0 saturated heterocycles. The van der Waals surface area contributed by atoms with Crippen LogP contribution in [0.25, 0.3) is 10.9 Å². The molecule has 0 fully saturated rings. The van der Waals surface area contributed by atoms with Crippen LogP contribution in [0.4, 0.5) is 0 Å². The number of aromatic nitrogens is 1. The molecule has 3 rings (SSSR count). The first-order chi connectivity index (χ1) is 9.00. The molecular formula is C16H19NO2. The number of fused-ring (bicyclic) bond motifs is 3. The van der Waals surface area contributed by atoms with Gasteiger partial charge in [-0.3, -0.25) is 4.79 Å². The number of nitrogens with zero attached hydrogens (tertiary/aromatic N) is 1. The van der Waals surface area contributed by atoms with Gasteiger partial charge < -0.3 is 9.67 Å². The Hall–Kier alpha value is -1.77. The van der Waals surface area contributed by atoms with Crippen LogP contribution in [-0.2, 0) is 17.8 Å². The fourth-order valence-corrected chi connectivity index (χ4v) is 3.42. The quantitative estimate of drug-likeness (QED) is 0.896. The lowest BCUT2D eigenvalue weighted by Crippen LogP contribution is -2.32. The molecular weight excluding hydrogens is 238 g/mol. The van der Waals surface area contributed by atoms with E-state index in [4.69, 9.17) is 5.11 Å². The van der Waals surface area contributed by atoms with Crippen LogP contribution < -0.4 is 0 Å². The Morgan fingerprint density at radius 2 is 2.16 bits per heavy atom. The Morgan fingerprint density at radius 1 is 1.42 bits per heavy atom. The summed E-state index contributed by atoms with van der Waals surface area (Å²) >= 11 is 0. The highest BCUT2D eigenvalue weighted by Gasteiger charge is 2.33. The average Bonchev–Trinajstić information content (AvgIpc) is 2.62. The van der Waals surface area contributed by atoms with Crippen molar-refractivity contribution in [2.75, 3.05) is 0 Å². The number of carboxylic acid groups (broad SMARTS) is 1. The summed E-state index contributed by atoms with van der Waals surface area (Å²) in [7, 11) is 0. The van der Waals surface area contributed by atoms with Crippen LogP contribution in [0.2, 0.25) is 0 Å². The van der Waals surface area contributed by atoms with Gasteiger partial charge in [0.25, 0.3) is 0 Å². The fraction of sp³-hybridized carbons (Fsp3) is 0.438. The third-order valence-electron chi connectivity index (χ3n) is 4.44. The van der Waals surface area contributed by atoms with E-state index in [0.29, 0.717) is 0 Å². The van der Waals surface area contributed by atoms with Crippen LogP contribution in [0.5, 0.6) is 0 Å². The molecule has 0 bridgehead atoms. The molecule has 0 amide bonds. The van der Waals surface area contributed by atoms with Crippen molar-refractivity contribution in [2.24, 2.45) is 5.41 Å². The van der Waals surface area contributed by atoms with Crippen LogP contribution >= 0.6 is 0 Å². The zero-order chi connectivity index (χ0) is 13.6.